The molecule has 0 saturated carbocycles. The van der Waals surface area contributed by atoms with Crippen LogP contribution in [0.15, 0.2) is 77.7 Å². The zero-order chi connectivity index (χ0) is 25.5. The summed E-state index contributed by atoms with van der Waals surface area (Å²) in [6.45, 7) is 2.35. The second-order valence-electron chi connectivity index (χ2n) is 9.11. The predicted octanol–water partition coefficient (Wildman–Crippen LogP) is 7.67. The zero-order valence-electron chi connectivity index (χ0n) is 20.2. The van der Waals surface area contributed by atoms with E-state index in [1.165, 1.54) is 6.07 Å². The molecule has 2 aliphatic heterocycles. The van der Waals surface area contributed by atoms with Crippen LogP contribution in [0.1, 0.15) is 45.2 Å². The predicted molar refractivity (Wildman–Crippen MR) is 142 cm³/mol. The smallest absolute Gasteiger partial charge is 0.339 e. The molecule has 4 aromatic carbocycles. The van der Waals surface area contributed by atoms with Crippen LogP contribution >= 0.6 is 11.8 Å². The lowest BCUT2D eigenvalue weighted by Gasteiger charge is -2.14. The fourth-order valence-electron chi connectivity index (χ4n) is 4.91. The van der Waals surface area contributed by atoms with Crippen LogP contribution in [0.3, 0.4) is 0 Å². The molecule has 0 atom stereocenters. The zero-order valence-corrected chi connectivity index (χ0v) is 21.0. The average Bonchev–Trinajstić information content (AvgIpc) is 3.15. The van der Waals surface area contributed by atoms with Crippen molar-refractivity contribution >= 4 is 23.7 Å². The minimum atomic E-state index is -0.484. The molecule has 0 saturated heterocycles. The van der Waals surface area contributed by atoms with Crippen molar-refractivity contribution in [3.8, 4) is 33.4 Å². The van der Waals surface area contributed by atoms with Crippen LogP contribution in [0, 0.1) is 5.82 Å². The summed E-state index contributed by atoms with van der Waals surface area (Å²) < 4.78 is 26.6. The Balaban J connectivity index is 1.46. The van der Waals surface area contributed by atoms with E-state index in [1.807, 2.05) is 60.7 Å². The maximum atomic E-state index is 15.6. The van der Waals surface area contributed by atoms with Gasteiger partial charge >= 0.3 is 11.9 Å². The highest BCUT2D eigenvalue weighted by Gasteiger charge is 2.26. The highest BCUT2D eigenvalue weighted by molar-refractivity contribution is 7.99. The van der Waals surface area contributed by atoms with Gasteiger partial charge in [-0.25, -0.2) is 14.0 Å². The standard InChI is InChI=1S/C31H23FO4S/c1-2-11-37-21-8-10-24-26(13-21)23-9-7-18(12-20(23)17-36-30(24)33)25-14-28-27(15-29(25)32)22-6-4-3-5-19(22)16-35-31(28)34/h3-10,12-15H,2,11,16-17H2,1H3. The first-order chi connectivity index (χ1) is 18.0. The number of hydrogen-bond donors (Lipinski definition) is 0. The summed E-state index contributed by atoms with van der Waals surface area (Å²) in [6, 6.07) is 21.8. The number of hydrogen-bond acceptors (Lipinski definition) is 5. The van der Waals surface area contributed by atoms with Crippen molar-refractivity contribution in [3.05, 3.63) is 101 Å². The summed E-state index contributed by atoms with van der Waals surface area (Å²) in [7, 11) is 0. The summed E-state index contributed by atoms with van der Waals surface area (Å²) in [5, 5.41) is 0. The van der Waals surface area contributed by atoms with Crippen LogP contribution in [-0.4, -0.2) is 17.7 Å². The first-order valence-corrected chi connectivity index (χ1v) is 13.2. The van der Waals surface area contributed by atoms with Crippen molar-refractivity contribution in [1.82, 2.24) is 0 Å². The maximum Gasteiger partial charge on any atom is 0.339 e. The maximum absolute atomic E-state index is 15.6. The Morgan fingerprint density at radius 3 is 2.24 bits per heavy atom. The number of cyclic esters (lactones) is 2. The second kappa shape index (κ2) is 9.52. The Labute approximate surface area is 218 Å². The number of fused-ring (bicyclic) bond motifs is 6. The molecule has 0 unspecified atom stereocenters. The first-order valence-electron chi connectivity index (χ1n) is 12.2. The fraction of sp³-hybridized carbons (Fsp3) is 0.161. The minimum Gasteiger partial charge on any atom is -0.457 e. The van der Waals surface area contributed by atoms with Gasteiger partial charge in [0.15, 0.2) is 0 Å². The van der Waals surface area contributed by atoms with Gasteiger partial charge in [-0.3, -0.25) is 0 Å². The number of benzene rings is 4. The van der Waals surface area contributed by atoms with Crippen molar-refractivity contribution in [1.29, 1.82) is 0 Å². The summed E-state index contributed by atoms with van der Waals surface area (Å²) >= 11 is 1.74. The largest absolute Gasteiger partial charge is 0.457 e. The molecule has 2 aliphatic rings. The molecule has 2 heterocycles. The molecule has 6 rings (SSSR count). The van der Waals surface area contributed by atoms with E-state index in [0.29, 0.717) is 27.8 Å². The van der Waals surface area contributed by atoms with Gasteiger partial charge in [0.25, 0.3) is 0 Å². The lowest BCUT2D eigenvalue weighted by Crippen LogP contribution is -2.04. The van der Waals surface area contributed by atoms with Crippen molar-refractivity contribution in [2.45, 2.75) is 31.5 Å². The molecule has 0 bridgehead atoms. The number of carbonyl (C=O) groups excluding carboxylic acids is 2. The molecular formula is C31H23FO4S. The van der Waals surface area contributed by atoms with E-state index < -0.39 is 11.8 Å². The Hall–Kier alpha value is -3.90. The monoisotopic (exact) mass is 510 g/mol. The summed E-state index contributed by atoms with van der Waals surface area (Å²) in [5.41, 5.74) is 6.36. The van der Waals surface area contributed by atoms with Crippen molar-refractivity contribution in [3.63, 3.8) is 0 Å². The highest BCUT2D eigenvalue weighted by Crippen LogP contribution is 2.39. The van der Waals surface area contributed by atoms with Crippen molar-refractivity contribution < 1.29 is 23.5 Å². The van der Waals surface area contributed by atoms with Crippen LogP contribution in [-0.2, 0) is 22.7 Å². The lowest BCUT2D eigenvalue weighted by molar-refractivity contribution is 0.0470. The Morgan fingerprint density at radius 2 is 1.41 bits per heavy atom. The molecule has 0 fully saturated rings. The van der Waals surface area contributed by atoms with Crippen molar-refractivity contribution in [2.75, 3.05) is 5.75 Å². The summed E-state index contributed by atoms with van der Waals surface area (Å²) in [6.07, 6.45) is 1.05. The van der Waals surface area contributed by atoms with Gasteiger partial charge in [0.05, 0.1) is 11.1 Å². The SMILES string of the molecule is CCCSc1ccc2c(c1)-c1ccc(-c3cc4c(cc3F)-c3ccccc3COC4=O)cc1COC2=O. The van der Waals surface area contributed by atoms with Crippen LogP contribution in [0.25, 0.3) is 33.4 Å². The lowest BCUT2D eigenvalue weighted by atomic mass is 9.90. The second-order valence-corrected chi connectivity index (χ2v) is 10.3. The van der Waals surface area contributed by atoms with Gasteiger partial charge in [-0.05, 0) is 87.5 Å². The third kappa shape index (κ3) is 4.21. The number of carbonyl (C=O) groups is 2. The molecular weight excluding hydrogens is 487 g/mol. The minimum absolute atomic E-state index is 0.0795. The summed E-state index contributed by atoms with van der Waals surface area (Å²) in [5.74, 6) is -0.313. The quantitative estimate of drug-likeness (QED) is 0.208. The van der Waals surface area contributed by atoms with Crippen LogP contribution in [0.4, 0.5) is 4.39 Å². The van der Waals surface area contributed by atoms with Gasteiger partial charge < -0.3 is 9.47 Å². The molecule has 4 nitrogen and oxygen atoms in total. The normalized spacial score (nSPS) is 13.8. The fourth-order valence-corrected chi connectivity index (χ4v) is 5.72. The number of rotatable bonds is 4. The molecule has 0 N–H and O–H groups in total. The van der Waals surface area contributed by atoms with E-state index in [1.54, 1.807) is 17.8 Å². The number of esters is 2. The molecule has 4 aromatic rings. The van der Waals surface area contributed by atoms with Crippen LogP contribution in [0.5, 0.6) is 0 Å². The van der Waals surface area contributed by atoms with Gasteiger partial charge in [-0.1, -0.05) is 43.3 Å². The Morgan fingerprint density at radius 1 is 0.703 bits per heavy atom. The Kier molecular flexibility index (Phi) is 6.05. The molecule has 0 aliphatic carbocycles. The average molecular weight is 511 g/mol. The van der Waals surface area contributed by atoms with Gasteiger partial charge in [0.2, 0.25) is 0 Å². The van der Waals surface area contributed by atoms with Crippen LogP contribution < -0.4 is 0 Å². The molecule has 6 heteroatoms. The van der Waals surface area contributed by atoms with Gasteiger partial charge in [0, 0.05) is 10.5 Å². The van der Waals surface area contributed by atoms with Crippen molar-refractivity contribution in [2.24, 2.45) is 0 Å². The highest BCUT2D eigenvalue weighted by atomic mass is 32.2. The molecule has 0 amide bonds. The number of halogens is 1. The van der Waals surface area contributed by atoms with E-state index >= 15 is 4.39 Å². The Bertz CT molecular complexity index is 1580. The third-order valence-corrected chi connectivity index (χ3v) is 7.94. The van der Waals surface area contributed by atoms with E-state index in [9.17, 15) is 9.59 Å². The molecule has 0 radical (unpaired) electrons. The molecule has 184 valence electrons. The third-order valence-electron chi connectivity index (χ3n) is 6.74. The number of thioether (sulfide) groups is 1. The van der Waals surface area contributed by atoms with Gasteiger partial charge in [-0.2, -0.15) is 0 Å². The van der Waals surface area contributed by atoms with Gasteiger partial charge in [-0.15, -0.1) is 11.8 Å². The van der Waals surface area contributed by atoms with E-state index in [-0.39, 0.29) is 19.2 Å². The van der Waals surface area contributed by atoms with Gasteiger partial charge in [0.1, 0.15) is 19.0 Å². The number of ether oxygens (including phenoxy) is 2. The summed E-state index contributed by atoms with van der Waals surface area (Å²) in [4.78, 5) is 26.6. The molecule has 37 heavy (non-hydrogen) atoms. The van der Waals surface area contributed by atoms with E-state index in [2.05, 4.69) is 6.92 Å². The molecule has 0 aromatic heterocycles. The first kappa shape index (κ1) is 23.5. The topological polar surface area (TPSA) is 52.6 Å². The van der Waals surface area contributed by atoms with E-state index in [4.69, 9.17) is 9.47 Å². The molecule has 0 spiro atoms. The van der Waals surface area contributed by atoms with Crippen LogP contribution in [0.2, 0.25) is 0 Å². The van der Waals surface area contributed by atoms with E-state index in [0.717, 1.165) is 44.9 Å².